The first-order chi connectivity index (χ1) is 18.3. The van der Waals surface area contributed by atoms with Crippen molar-refractivity contribution in [2.24, 2.45) is 11.8 Å². The van der Waals surface area contributed by atoms with Gasteiger partial charge in [0, 0.05) is 0 Å². The highest BCUT2D eigenvalue weighted by Crippen LogP contribution is 2.56. The van der Waals surface area contributed by atoms with Crippen molar-refractivity contribution in [3.8, 4) is 0 Å². The van der Waals surface area contributed by atoms with Crippen LogP contribution in [0.5, 0.6) is 0 Å². The van der Waals surface area contributed by atoms with Gasteiger partial charge in [-0.15, -0.1) is 0 Å². The van der Waals surface area contributed by atoms with Crippen molar-refractivity contribution in [3.63, 3.8) is 0 Å². The van der Waals surface area contributed by atoms with E-state index in [9.17, 15) is 0 Å². The summed E-state index contributed by atoms with van der Waals surface area (Å²) in [5, 5.41) is 4.58. The zero-order valence-electron chi connectivity index (χ0n) is 23.4. The van der Waals surface area contributed by atoms with Gasteiger partial charge in [0.05, 0.1) is 6.16 Å². The fourth-order valence-corrected chi connectivity index (χ4v) is 10.8. The van der Waals surface area contributed by atoms with E-state index in [0.29, 0.717) is 0 Å². The van der Waals surface area contributed by atoms with Crippen molar-refractivity contribution in [1.82, 2.24) is 0 Å². The monoisotopic (exact) mass is 513 g/mol. The van der Waals surface area contributed by atoms with Crippen LogP contribution in [0.4, 0.5) is 0 Å². The van der Waals surface area contributed by atoms with Gasteiger partial charge in [0.25, 0.3) is 0 Å². The van der Waals surface area contributed by atoms with Crippen LogP contribution < -0.4 is 15.9 Å². The molecular weight excluding hydrogens is 463 g/mol. The van der Waals surface area contributed by atoms with E-state index in [2.05, 4.69) is 97.9 Å². The molecule has 1 aliphatic carbocycles. The second-order valence-electron chi connectivity index (χ2n) is 11.4. The highest BCUT2D eigenvalue weighted by atomic mass is 31.2. The Kier molecular flexibility index (Phi) is 11.8. The summed E-state index contributed by atoms with van der Waals surface area (Å²) < 4.78 is 0. The van der Waals surface area contributed by atoms with Crippen molar-refractivity contribution >= 4 is 23.2 Å². The summed E-state index contributed by atoms with van der Waals surface area (Å²) in [5.41, 5.74) is 0. The molecule has 4 rings (SSSR count). The number of hydrogen-bond acceptors (Lipinski definition) is 0. The number of rotatable bonds is 18. The van der Waals surface area contributed by atoms with Crippen LogP contribution in [-0.2, 0) is 0 Å². The Bertz CT molecular complexity index is 884. The molecule has 0 radical (unpaired) electrons. The van der Waals surface area contributed by atoms with Gasteiger partial charge in [0.15, 0.2) is 0 Å². The molecule has 198 valence electrons. The molecule has 0 amide bonds. The molecule has 0 N–H and O–H groups in total. The standard InChI is InChI=1S/C36H50P/c1-2-3-4-5-6-7-8-13-22-32-31-33(32)23-14-12-21-30-37(34-24-15-9-16-25-34,35-26-17-10-18-27-35)36-28-19-11-20-29-36/h9-11,15-20,24-29,32-33H,2-8,12-14,21-23,30-31H2,1H3/q+1/t32-,33+/m1/s1. The molecule has 0 bridgehead atoms. The third kappa shape index (κ3) is 8.29. The summed E-state index contributed by atoms with van der Waals surface area (Å²) in [6.45, 7) is 2.31. The zero-order chi connectivity index (χ0) is 25.6. The Morgan fingerprint density at radius 1 is 0.486 bits per heavy atom. The average Bonchev–Trinajstić information content (AvgIpc) is 3.71. The Hall–Kier alpha value is -1.91. The van der Waals surface area contributed by atoms with E-state index in [4.69, 9.17) is 0 Å². The Morgan fingerprint density at radius 3 is 1.30 bits per heavy atom. The molecule has 3 aromatic rings. The number of unbranched alkanes of at least 4 members (excludes halogenated alkanes) is 9. The molecule has 0 saturated heterocycles. The molecule has 3 aromatic carbocycles. The molecule has 1 fully saturated rings. The quantitative estimate of drug-likeness (QED) is 0.117. The minimum absolute atomic E-state index is 1.04. The molecule has 1 saturated carbocycles. The lowest BCUT2D eigenvalue weighted by Crippen LogP contribution is -2.33. The minimum atomic E-state index is -1.64. The van der Waals surface area contributed by atoms with Gasteiger partial charge in [0.2, 0.25) is 0 Å². The van der Waals surface area contributed by atoms with Crippen molar-refractivity contribution < 1.29 is 0 Å². The van der Waals surface area contributed by atoms with Crippen LogP contribution in [0.15, 0.2) is 91.0 Å². The fourth-order valence-electron chi connectivity index (χ4n) is 6.37. The van der Waals surface area contributed by atoms with Crippen molar-refractivity contribution in [3.05, 3.63) is 91.0 Å². The summed E-state index contributed by atoms with van der Waals surface area (Å²) in [5.74, 6) is 2.10. The molecule has 0 aliphatic heterocycles. The molecule has 0 heterocycles. The maximum absolute atomic E-state index is 2.38. The van der Waals surface area contributed by atoms with Crippen LogP contribution >= 0.6 is 7.26 Å². The Balaban J connectivity index is 1.25. The summed E-state index contributed by atoms with van der Waals surface area (Å²) in [7, 11) is -1.64. The normalized spacial score (nSPS) is 17.1. The summed E-state index contributed by atoms with van der Waals surface area (Å²) >= 11 is 0. The van der Waals surface area contributed by atoms with Crippen LogP contribution in [0.3, 0.4) is 0 Å². The van der Waals surface area contributed by atoms with Gasteiger partial charge in [-0.05, 0) is 67.5 Å². The van der Waals surface area contributed by atoms with E-state index in [1.165, 1.54) is 112 Å². The highest BCUT2D eigenvalue weighted by Gasteiger charge is 2.44. The van der Waals surface area contributed by atoms with Crippen LogP contribution in [0.25, 0.3) is 0 Å². The van der Waals surface area contributed by atoms with E-state index in [1.807, 2.05) is 0 Å². The Morgan fingerprint density at radius 2 is 0.865 bits per heavy atom. The molecule has 1 heteroatoms. The van der Waals surface area contributed by atoms with E-state index in [1.54, 1.807) is 0 Å². The molecule has 1 aliphatic rings. The highest BCUT2D eigenvalue weighted by molar-refractivity contribution is 7.95. The van der Waals surface area contributed by atoms with Crippen LogP contribution in [0.1, 0.15) is 96.8 Å². The van der Waals surface area contributed by atoms with Crippen molar-refractivity contribution in [2.45, 2.75) is 96.8 Å². The largest absolute Gasteiger partial charge is 0.112 e. The summed E-state index contributed by atoms with van der Waals surface area (Å²) in [6, 6.07) is 34.2. The molecule has 2 atom stereocenters. The second kappa shape index (κ2) is 15.5. The molecular formula is C36H50P+. The van der Waals surface area contributed by atoms with Gasteiger partial charge in [0.1, 0.15) is 23.2 Å². The molecule has 37 heavy (non-hydrogen) atoms. The zero-order valence-corrected chi connectivity index (χ0v) is 24.3. The third-order valence-corrected chi connectivity index (χ3v) is 13.2. The van der Waals surface area contributed by atoms with Crippen molar-refractivity contribution in [1.29, 1.82) is 0 Å². The first-order valence-electron chi connectivity index (χ1n) is 15.4. The molecule has 0 spiro atoms. The van der Waals surface area contributed by atoms with Crippen LogP contribution in [-0.4, -0.2) is 6.16 Å². The fraction of sp³-hybridized carbons (Fsp3) is 0.500. The summed E-state index contributed by atoms with van der Waals surface area (Å²) in [4.78, 5) is 0. The van der Waals surface area contributed by atoms with Gasteiger partial charge in [-0.3, -0.25) is 0 Å². The lowest BCUT2D eigenvalue weighted by atomic mass is 10.0. The first kappa shape index (κ1) is 28.1. The third-order valence-electron chi connectivity index (χ3n) is 8.66. The second-order valence-corrected chi connectivity index (χ2v) is 15.0. The predicted molar refractivity (Wildman–Crippen MR) is 167 cm³/mol. The summed E-state index contributed by atoms with van der Waals surface area (Å²) in [6.07, 6.45) is 21.5. The number of hydrogen-bond donors (Lipinski definition) is 0. The van der Waals surface area contributed by atoms with Gasteiger partial charge in [-0.1, -0.05) is 132 Å². The maximum Gasteiger partial charge on any atom is 0.112 e. The van der Waals surface area contributed by atoms with E-state index in [0.717, 1.165) is 11.8 Å². The Labute approximate surface area is 228 Å². The first-order valence-corrected chi connectivity index (χ1v) is 17.4. The van der Waals surface area contributed by atoms with Gasteiger partial charge < -0.3 is 0 Å². The van der Waals surface area contributed by atoms with Crippen LogP contribution in [0.2, 0.25) is 0 Å². The number of benzene rings is 3. The average molecular weight is 514 g/mol. The lowest BCUT2D eigenvalue weighted by Gasteiger charge is -2.27. The molecule has 0 nitrogen and oxygen atoms in total. The van der Waals surface area contributed by atoms with E-state index >= 15 is 0 Å². The van der Waals surface area contributed by atoms with Crippen molar-refractivity contribution in [2.75, 3.05) is 6.16 Å². The van der Waals surface area contributed by atoms with Gasteiger partial charge >= 0.3 is 0 Å². The van der Waals surface area contributed by atoms with Gasteiger partial charge in [-0.2, -0.15) is 0 Å². The van der Waals surface area contributed by atoms with E-state index < -0.39 is 7.26 Å². The van der Waals surface area contributed by atoms with Crippen LogP contribution in [0, 0.1) is 11.8 Å². The lowest BCUT2D eigenvalue weighted by molar-refractivity contribution is 0.519. The SMILES string of the molecule is CCCCCCCCCC[C@@H]1C[C@@H]1CCCCC[P+](c1ccccc1)(c1ccccc1)c1ccccc1. The minimum Gasteiger partial charge on any atom is -0.0654 e. The van der Waals surface area contributed by atoms with Gasteiger partial charge in [-0.25, -0.2) is 0 Å². The molecule has 0 unspecified atom stereocenters. The predicted octanol–water partition coefficient (Wildman–Crippen LogP) is 9.71. The van der Waals surface area contributed by atoms with E-state index in [-0.39, 0.29) is 0 Å². The topological polar surface area (TPSA) is 0 Å². The smallest absolute Gasteiger partial charge is 0.0654 e. The maximum atomic E-state index is 2.38. The molecule has 0 aromatic heterocycles.